The molecule has 1 saturated carbocycles. The molecule has 66 valence electrons. The summed E-state index contributed by atoms with van der Waals surface area (Å²) in [5.41, 5.74) is 7.24. The minimum atomic E-state index is 0.153. The van der Waals surface area contributed by atoms with Crippen LogP contribution in [0.1, 0.15) is 30.8 Å². The first kappa shape index (κ1) is 7.80. The van der Waals surface area contributed by atoms with Crippen molar-refractivity contribution in [3.05, 3.63) is 17.7 Å². The van der Waals surface area contributed by atoms with Crippen molar-refractivity contribution in [2.75, 3.05) is 0 Å². The Morgan fingerprint density at radius 1 is 1.67 bits per heavy atom. The Morgan fingerprint density at radius 2 is 2.42 bits per heavy atom. The van der Waals surface area contributed by atoms with Gasteiger partial charge >= 0.3 is 0 Å². The molecule has 1 fully saturated rings. The Morgan fingerprint density at radius 3 is 2.92 bits per heavy atom. The van der Waals surface area contributed by atoms with Crippen LogP contribution >= 0.6 is 0 Å². The SMILES string of the molecule is Cc1cnc(CCC2(N)CC2)[nH]1. The lowest BCUT2D eigenvalue weighted by molar-refractivity contribution is 0.598. The van der Waals surface area contributed by atoms with Crippen molar-refractivity contribution in [3.63, 3.8) is 0 Å². The van der Waals surface area contributed by atoms with Crippen LogP contribution < -0.4 is 5.73 Å². The Kier molecular flexibility index (Phi) is 1.68. The minimum absolute atomic E-state index is 0.153. The zero-order valence-corrected chi connectivity index (χ0v) is 7.43. The highest BCUT2D eigenvalue weighted by Crippen LogP contribution is 2.36. The molecule has 0 bridgehead atoms. The highest BCUT2D eigenvalue weighted by Gasteiger charge is 2.37. The van der Waals surface area contributed by atoms with Crippen LogP contribution in [0.25, 0.3) is 0 Å². The van der Waals surface area contributed by atoms with Crippen molar-refractivity contribution in [2.24, 2.45) is 5.73 Å². The fourth-order valence-electron chi connectivity index (χ4n) is 1.37. The van der Waals surface area contributed by atoms with Gasteiger partial charge in [0.25, 0.3) is 0 Å². The molecule has 0 radical (unpaired) electrons. The lowest BCUT2D eigenvalue weighted by Crippen LogP contribution is -2.22. The van der Waals surface area contributed by atoms with Gasteiger partial charge in [-0.2, -0.15) is 0 Å². The molecule has 3 heteroatoms. The Bertz CT molecular complexity index is 273. The third-order valence-corrected chi connectivity index (χ3v) is 2.51. The molecule has 0 aromatic carbocycles. The molecule has 0 spiro atoms. The summed E-state index contributed by atoms with van der Waals surface area (Å²) in [7, 11) is 0. The van der Waals surface area contributed by atoms with Crippen LogP contribution in [0.5, 0.6) is 0 Å². The van der Waals surface area contributed by atoms with Crippen molar-refractivity contribution in [2.45, 2.75) is 38.1 Å². The molecule has 12 heavy (non-hydrogen) atoms. The van der Waals surface area contributed by atoms with E-state index in [0.29, 0.717) is 0 Å². The topological polar surface area (TPSA) is 54.7 Å². The van der Waals surface area contributed by atoms with Gasteiger partial charge in [0.2, 0.25) is 0 Å². The molecule has 0 unspecified atom stereocenters. The third kappa shape index (κ3) is 1.67. The quantitative estimate of drug-likeness (QED) is 0.705. The van der Waals surface area contributed by atoms with Gasteiger partial charge in [-0.25, -0.2) is 4.98 Å². The molecule has 0 aliphatic heterocycles. The Labute approximate surface area is 72.4 Å². The van der Waals surface area contributed by atoms with Gasteiger partial charge in [-0.3, -0.25) is 0 Å². The number of aryl methyl sites for hydroxylation is 2. The summed E-state index contributed by atoms with van der Waals surface area (Å²) < 4.78 is 0. The van der Waals surface area contributed by atoms with E-state index in [1.54, 1.807) is 0 Å². The molecule has 1 aromatic heterocycles. The molecule has 0 atom stereocenters. The average Bonchev–Trinajstić information content (AvgIpc) is 2.60. The second-order valence-corrected chi connectivity index (χ2v) is 3.88. The summed E-state index contributed by atoms with van der Waals surface area (Å²) in [5, 5.41) is 0. The molecule has 0 amide bonds. The maximum Gasteiger partial charge on any atom is 0.106 e. The maximum atomic E-state index is 5.96. The van der Waals surface area contributed by atoms with Gasteiger partial charge in [-0.15, -0.1) is 0 Å². The Hall–Kier alpha value is -0.830. The zero-order valence-electron chi connectivity index (χ0n) is 7.43. The van der Waals surface area contributed by atoms with Crippen molar-refractivity contribution in [3.8, 4) is 0 Å². The highest BCUT2D eigenvalue weighted by molar-refractivity contribution is 5.03. The van der Waals surface area contributed by atoms with E-state index in [2.05, 4.69) is 9.97 Å². The molecule has 1 aliphatic rings. The highest BCUT2D eigenvalue weighted by atomic mass is 14.9. The van der Waals surface area contributed by atoms with Crippen molar-refractivity contribution < 1.29 is 0 Å². The minimum Gasteiger partial charge on any atom is -0.346 e. The van der Waals surface area contributed by atoms with Gasteiger partial charge in [-0.1, -0.05) is 0 Å². The van der Waals surface area contributed by atoms with Crippen molar-refractivity contribution in [1.82, 2.24) is 9.97 Å². The van der Waals surface area contributed by atoms with Gasteiger partial charge in [0.1, 0.15) is 5.82 Å². The van der Waals surface area contributed by atoms with E-state index in [0.717, 1.165) is 24.4 Å². The summed E-state index contributed by atoms with van der Waals surface area (Å²) in [5.74, 6) is 1.07. The van der Waals surface area contributed by atoms with E-state index in [1.165, 1.54) is 12.8 Å². The van der Waals surface area contributed by atoms with Gasteiger partial charge < -0.3 is 10.7 Å². The summed E-state index contributed by atoms with van der Waals surface area (Å²) in [6.07, 6.45) is 6.30. The van der Waals surface area contributed by atoms with Gasteiger partial charge in [-0.05, 0) is 26.2 Å². The van der Waals surface area contributed by atoms with Crippen LogP contribution in [0.2, 0.25) is 0 Å². The van der Waals surface area contributed by atoms with E-state index >= 15 is 0 Å². The monoisotopic (exact) mass is 165 g/mol. The molecule has 1 heterocycles. The normalized spacial score (nSPS) is 19.5. The summed E-state index contributed by atoms with van der Waals surface area (Å²) >= 11 is 0. The Balaban J connectivity index is 1.87. The second-order valence-electron chi connectivity index (χ2n) is 3.88. The first-order chi connectivity index (χ1) is 5.68. The van der Waals surface area contributed by atoms with Crippen LogP contribution in [0.4, 0.5) is 0 Å². The van der Waals surface area contributed by atoms with E-state index in [-0.39, 0.29) is 5.54 Å². The fraction of sp³-hybridized carbons (Fsp3) is 0.667. The van der Waals surface area contributed by atoms with E-state index in [4.69, 9.17) is 5.73 Å². The number of hydrogen-bond acceptors (Lipinski definition) is 2. The first-order valence-electron chi connectivity index (χ1n) is 4.47. The lowest BCUT2D eigenvalue weighted by atomic mass is 10.1. The number of rotatable bonds is 3. The molecule has 0 saturated heterocycles. The molecule has 3 N–H and O–H groups in total. The van der Waals surface area contributed by atoms with Crippen LogP contribution in [0.15, 0.2) is 6.20 Å². The van der Waals surface area contributed by atoms with Crippen molar-refractivity contribution >= 4 is 0 Å². The average molecular weight is 165 g/mol. The van der Waals surface area contributed by atoms with Crippen LogP contribution in [0.3, 0.4) is 0 Å². The van der Waals surface area contributed by atoms with Crippen molar-refractivity contribution in [1.29, 1.82) is 0 Å². The first-order valence-corrected chi connectivity index (χ1v) is 4.47. The largest absolute Gasteiger partial charge is 0.346 e. The maximum absolute atomic E-state index is 5.96. The standard InChI is InChI=1S/C9H15N3/c1-7-6-11-8(12-7)2-3-9(10)4-5-9/h6H,2-5,10H2,1H3,(H,11,12). The number of nitrogens with two attached hydrogens (primary N) is 1. The van der Waals surface area contributed by atoms with E-state index in [9.17, 15) is 0 Å². The fourth-order valence-corrected chi connectivity index (χ4v) is 1.37. The van der Waals surface area contributed by atoms with Crippen LogP contribution in [0, 0.1) is 6.92 Å². The van der Waals surface area contributed by atoms with Gasteiger partial charge in [0.05, 0.1) is 0 Å². The van der Waals surface area contributed by atoms with Gasteiger partial charge in [0.15, 0.2) is 0 Å². The summed E-state index contributed by atoms with van der Waals surface area (Å²) in [6.45, 7) is 2.02. The molecular formula is C9H15N3. The molecule has 1 aromatic rings. The number of H-pyrrole nitrogens is 1. The number of imidazole rings is 1. The van der Waals surface area contributed by atoms with Crippen LogP contribution in [-0.2, 0) is 6.42 Å². The molecule has 3 nitrogen and oxygen atoms in total. The number of aromatic amines is 1. The van der Waals surface area contributed by atoms with E-state index in [1.807, 2.05) is 13.1 Å². The molecular weight excluding hydrogens is 150 g/mol. The number of nitrogens with zero attached hydrogens (tertiary/aromatic N) is 1. The smallest absolute Gasteiger partial charge is 0.106 e. The number of hydrogen-bond donors (Lipinski definition) is 2. The summed E-state index contributed by atoms with van der Waals surface area (Å²) in [4.78, 5) is 7.45. The van der Waals surface area contributed by atoms with Gasteiger partial charge in [0, 0.05) is 23.9 Å². The predicted octanol–water partition coefficient (Wildman–Crippen LogP) is 1.14. The number of nitrogens with one attached hydrogen (secondary N) is 1. The van der Waals surface area contributed by atoms with Crippen LogP contribution in [-0.4, -0.2) is 15.5 Å². The predicted molar refractivity (Wildman–Crippen MR) is 47.8 cm³/mol. The number of aromatic nitrogens is 2. The van der Waals surface area contributed by atoms with E-state index < -0.39 is 0 Å². The second kappa shape index (κ2) is 2.59. The lowest BCUT2D eigenvalue weighted by Gasteiger charge is -2.05. The summed E-state index contributed by atoms with van der Waals surface area (Å²) in [6, 6.07) is 0. The molecule has 1 aliphatic carbocycles. The zero-order chi connectivity index (χ0) is 8.60. The molecule has 2 rings (SSSR count). The third-order valence-electron chi connectivity index (χ3n) is 2.51.